The fraction of sp³-hybridized carbons (Fsp3) is 0.250. The third-order valence-corrected chi connectivity index (χ3v) is 5.43. The van der Waals surface area contributed by atoms with Gasteiger partial charge in [-0.05, 0) is 35.4 Å². The largest absolute Gasteiger partial charge is 0.534 e. The second kappa shape index (κ2) is 10.6. The summed E-state index contributed by atoms with van der Waals surface area (Å²) in [6, 6.07) is 9.48. The van der Waals surface area contributed by atoms with Crippen LogP contribution in [0.25, 0.3) is 0 Å². The predicted molar refractivity (Wildman–Crippen MR) is 99.6 cm³/mol. The first-order chi connectivity index (χ1) is 14.5. The van der Waals surface area contributed by atoms with Crippen LogP contribution < -0.4 is 8.37 Å². The SMILES string of the molecule is O=S(=O)(Oc1ccc(CCl)cc1)C(F)(F)F.O=S(=O)(Oc1ccc(CO)cc1)C(F)(F)F. The molecule has 0 saturated carbocycles. The molecule has 0 aromatic heterocycles. The lowest BCUT2D eigenvalue weighted by molar-refractivity contribution is -0.0504. The van der Waals surface area contributed by atoms with Crippen molar-refractivity contribution in [3.05, 3.63) is 59.7 Å². The van der Waals surface area contributed by atoms with Gasteiger partial charge in [-0.3, -0.25) is 0 Å². The van der Waals surface area contributed by atoms with Crippen LogP contribution in [0, 0.1) is 0 Å². The number of hydrogen-bond acceptors (Lipinski definition) is 7. The van der Waals surface area contributed by atoms with E-state index in [4.69, 9.17) is 16.7 Å². The van der Waals surface area contributed by atoms with Crippen molar-refractivity contribution < 1.29 is 56.7 Å². The van der Waals surface area contributed by atoms with E-state index in [1.54, 1.807) is 0 Å². The second-order valence-electron chi connectivity index (χ2n) is 5.55. The molecule has 1 N–H and O–H groups in total. The lowest BCUT2D eigenvalue weighted by Gasteiger charge is -2.09. The molecule has 0 saturated heterocycles. The topological polar surface area (TPSA) is 107 Å². The molecule has 0 radical (unpaired) electrons. The molecule has 0 amide bonds. The molecule has 0 atom stereocenters. The van der Waals surface area contributed by atoms with Crippen molar-refractivity contribution in [1.82, 2.24) is 0 Å². The van der Waals surface area contributed by atoms with Crippen molar-refractivity contribution in [2.45, 2.75) is 23.5 Å². The van der Waals surface area contributed by atoms with Crippen molar-refractivity contribution in [3.63, 3.8) is 0 Å². The molecule has 0 heterocycles. The van der Waals surface area contributed by atoms with Gasteiger partial charge in [0.15, 0.2) is 0 Å². The van der Waals surface area contributed by atoms with Gasteiger partial charge in [0.05, 0.1) is 6.61 Å². The molecular formula is C16H13ClF6O7S2. The zero-order chi connectivity index (χ0) is 24.8. The Labute approximate surface area is 183 Å². The molecule has 0 aliphatic carbocycles. The van der Waals surface area contributed by atoms with Gasteiger partial charge in [-0.2, -0.15) is 43.2 Å². The van der Waals surface area contributed by atoms with Crippen LogP contribution in [0.3, 0.4) is 0 Å². The van der Waals surface area contributed by atoms with Gasteiger partial charge in [0.1, 0.15) is 11.5 Å². The smallest absolute Gasteiger partial charge is 0.392 e. The fourth-order valence-electron chi connectivity index (χ4n) is 1.63. The number of aliphatic hydroxyl groups excluding tert-OH is 1. The van der Waals surface area contributed by atoms with Gasteiger partial charge in [-0.25, -0.2) is 0 Å². The van der Waals surface area contributed by atoms with E-state index in [2.05, 4.69) is 8.37 Å². The van der Waals surface area contributed by atoms with Crippen LogP contribution in [0.2, 0.25) is 0 Å². The van der Waals surface area contributed by atoms with Crippen molar-refractivity contribution >= 4 is 31.8 Å². The summed E-state index contributed by atoms with van der Waals surface area (Å²) in [6.45, 7) is -0.299. The number of hydrogen-bond donors (Lipinski definition) is 1. The molecule has 32 heavy (non-hydrogen) atoms. The average molecular weight is 531 g/mol. The summed E-state index contributed by atoms with van der Waals surface area (Å²) >= 11 is 5.45. The Morgan fingerprint density at radius 1 is 0.688 bits per heavy atom. The predicted octanol–water partition coefficient (Wildman–Crippen LogP) is 4.06. The zero-order valence-corrected chi connectivity index (χ0v) is 17.8. The standard InChI is InChI=1S/C8H6ClF3O3S.C8H7F3O4S/c9-5-6-1-3-7(4-2-6)15-16(13,14)8(10,11)12;9-8(10,11)16(13,14)15-7-3-1-6(5-12)2-4-7/h1-4H,5H2;1-4,12H,5H2. The van der Waals surface area contributed by atoms with Crippen LogP contribution in [0.4, 0.5) is 26.3 Å². The van der Waals surface area contributed by atoms with Gasteiger partial charge in [0.25, 0.3) is 0 Å². The molecule has 0 unspecified atom stereocenters. The van der Waals surface area contributed by atoms with Gasteiger partial charge in [-0.15, -0.1) is 11.6 Å². The van der Waals surface area contributed by atoms with Crippen molar-refractivity contribution in [2.24, 2.45) is 0 Å². The van der Waals surface area contributed by atoms with E-state index in [0.717, 1.165) is 24.3 Å². The Kier molecular flexibility index (Phi) is 9.20. The summed E-state index contributed by atoms with van der Waals surface area (Å²) < 4.78 is 122. The van der Waals surface area contributed by atoms with E-state index in [-0.39, 0.29) is 12.5 Å². The number of benzene rings is 2. The molecule has 0 bridgehead atoms. The van der Waals surface area contributed by atoms with Crippen molar-refractivity contribution in [2.75, 3.05) is 0 Å². The van der Waals surface area contributed by atoms with Crippen LogP contribution >= 0.6 is 11.6 Å². The summed E-state index contributed by atoms with van der Waals surface area (Å²) in [5, 5.41) is 8.65. The normalized spacial score (nSPS) is 12.5. The van der Waals surface area contributed by atoms with Crippen LogP contribution in [-0.2, 0) is 32.7 Å². The molecule has 180 valence electrons. The quantitative estimate of drug-likeness (QED) is 0.260. The first-order valence-electron chi connectivity index (χ1n) is 7.88. The Bertz CT molecular complexity index is 992. The Balaban J connectivity index is 0.000000320. The summed E-state index contributed by atoms with van der Waals surface area (Å²) in [7, 11) is -11.2. The molecule has 2 aromatic rings. The molecule has 0 spiro atoms. The average Bonchev–Trinajstić information content (AvgIpc) is 2.67. The number of halogens is 7. The minimum Gasteiger partial charge on any atom is -0.392 e. The Morgan fingerprint density at radius 2 is 1.00 bits per heavy atom. The molecule has 0 aliphatic heterocycles. The molecule has 0 fully saturated rings. The van der Waals surface area contributed by atoms with Gasteiger partial charge >= 0.3 is 31.3 Å². The van der Waals surface area contributed by atoms with Gasteiger partial charge in [-0.1, -0.05) is 24.3 Å². The maximum absolute atomic E-state index is 11.9. The van der Waals surface area contributed by atoms with Crippen LogP contribution in [0.5, 0.6) is 11.5 Å². The summed E-state index contributed by atoms with van der Waals surface area (Å²) in [6.07, 6.45) is 0. The Hall–Kier alpha value is -2.23. The van der Waals surface area contributed by atoms with Gasteiger partial charge in [0.2, 0.25) is 0 Å². The Morgan fingerprint density at radius 3 is 1.25 bits per heavy atom. The molecule has 0 aliphatic rings. The van der Waals surface area contributed by atoms with Gasteiger partial charge < -0.3 is 13.5 Å². The third-order valence-electron chi connectivity index (χ3n) is 3.16. The highest BCUT2D eigenvalue weighted by Gasteiger charge is 2.49. The lowest BCUT2D eigenvalue weighted by atomic mass is 10.2. The van der Waals surface area contributed by atoms with Gasteiger partial charge in [0, 0.05) is 5.88 Å². The summed E-state index contributed by atoms with van der Waals surface area (Å²) in [5.41, 5.74) is -9.82. The van der Waals surface area contributed by atoms with E-state index in [0.29, 0.717) is 11.1 Å². The molecule has 16 heteroatoms. The molecule has 2 rings (SSSR count). The van der Waals surface area contributed by atoms with Crippen molar-refractivity contribution in [1.29, 1.82) is 0 Å². The number of aliphatic hydroxyl groups is 1. The van der Waals surface area contributed by atoms with Crippen LogP contribution in [-0.4, -0.2) is 33.0 Å². The monoisotopic (exact) mass is 530 g/mol. The molecule has 2 aromatic carbocycles. The minimum absolute atomic E-state index is 0.173. The van der Waals surface area contributed by atoms with E-state index < -0.39 is 42.8 Å². The van der Waals surface area contributed by atoms with Crippen LogP contribution in [0.15, 0.2) is 48.5 Å². The third kappa shape index (κ3) is 8.03. The maximum atomic E-state index is 11.9. The van der Waals surface area contributed by atoms with Crippen molar-refractivity contribution in [3.8, 4) is 11.5 Å². The molecule has 7 nitrogen and oxygen atoms in total. The zero-order valence-electron chi connectivity index (χ0n) is 15.4. The fourth-order valence-corrected chi connectivity index (χ4v) is 2.73. The van der Waals surface area contributed by atoms with Crippen LogP contribution in [0.1, 0.15) is 11.1 Å². The second-order valence-corrected chi connectivity index (χ2v) is 8.89. The maximum Gasteiger partial charge on any atom is 0.534 e. The first kappa shape index (κ1) is 27.8. The highest BCUT2D eigenvalue weighted by Crippen LogP contribution is 2.28. The first-order valence-corrected chi connectivity index (χ1v) is 11.2. The lowest BCUT2D eigenvalue weighted by Crippen LogP contribution is -2.28. The summed E-state index contributed by atoms with van der Waals surface area (Å²) in [4.78, 5) is 0. The highest BCUT2D eigenvalue weighted by molar-refractivity contribution is 7.88. The number of alkyl halides is 7. The van der Waals surface area contributed by atoms with E-state index in [1.165, 1.54) is 24.3 Å². The highest BCUT2D eigenvalue weighted by atomic mass is 35.5. The van der Waals surface area contributed by atoms with E-state index in [9.17, 15) is 43.2 Å². The minimum atomic E-state index is -5.63. The molecular weight excluding hydrogens is 518 g/mol. The van der Waals surface area contributed by atoms with E-state index in [1.807, 2.05) is 0 Å². The van der Waals surface area contributed by atoms with E-state index >= 15 is 0 Å². The summed E-state index contributed by atoms with van der Waals surface area (Å²) in [5.74, 6) is -0.701. The number of rotatable bonds is 6.